The Morgan fingerprint density at radius 3 is 2.74 bits per heavy atom. The Hall–Kier alpha value is -2.45. The lowest BCUT2D eigenvalue weighted by atomic mass is 9.78. The van der Waals surface area contributed by atoms with Crippen LogP contribution in [0.3, 0.4) is 0 Å². The summed E-state index contributed by atoms with van der Waals surface area (Å²) in [6.45, 7) is 4.56. The second-order valence-corrected chi connectivity index (χ2v) is 10.8. The van der Waals surface area contributed by atoms with Crippen molar-refractivity contribution in [3.63, 3.8) is 0 Å². The smallest absolute Gasteiger partial charge is 0.233 e. The van der Waals surface area contributed by atoms with Gasteiger partial charge in [0, 0.05) is 19.6 Å². The minimum Gasteiger partial charge on any atom is -0.355 e. The van der Waals surface area contributed by atoms with Gasteiger partial charge in [0.2, 0.25) is 11.9 Å². The SMILES string of the molecule is O=C1N(c2cncc(Nc3ncc(Cl)c(N4CCCC(C5CC5)C4)n3)c2)CCC12CCNCC2. The van der Waals surface area contributed by atoms with Crippen molar-refractivity contribution in [2.75, 3.05) is 47.8 Å². The standard InChI is InChI=1S/C25H32ClN7O/c26-21-15-29-24(31-22(21)32-10-1-2-18(16-32)17-3-4-17)30-19-12-20(14-28-13-19)33-11-7-25(23(33)34)5-8-27-9-6-25/h12-15,17-18,27H,1-11,16H2,(H,29,30,31). The third-order valence-electron chi connectivity index (χ3n) is 8.14. The predicted molar refractivity (Wildman–Crippen MR) is 134 cm³/mol. The molecule has 4 aliphatic rings. The Morgan fingerprint density at radius 2 is 1.91 bits per heavy atom. The molecule has 1 atom stereocenters. The van der Waals surface area contributed by atoms with Crippen molar-refractivity contribution >= 4 is 40.6 Å². The van der Waals surface area contributed by atoms with Gasteiger partial charge in [-0.05, 0) is 75.9 Å². The molecular weight excluding hydrogens is 450 g/mol. The lowest BCUT2D eigenvalue weighted by Gasteiger charge is -2.34. The van der Waals surface area contributed by atoms with E-state index in [1.165, 1.54) is 25.7 Å². The van der Waals surface area contributed by atoms with E-state index < -0.39 is 0 Å². The number of pyridine rings is 1. The van der Waals surface area contributed by atoms with E-state index in [0.717, 1.165) is 81.0 Å². The second-order valence-electron chi connectivity index (χ2n) is 10.3. The van der Waals surface area contributed by atoms with Gasteiger partial charge in [-0.2, -0.15) is 4.98 Å². The van der Waals surface area contributed by atoms with Gasteiger partial charge in [-0.15, -0.1) is 0 Å². The maximum Gasteiger partial charge on any atom is 0.233 e. The molecule has 0 aromatic carbocycles. The van der Waals surface area contributed by atoms with Gasteiger partial charge in [-0.25, -0.2) is 4.98 Å². The lowest BCUT2D eigenvalue weighted by Crippen LogP contribution is -2.42. The molecule has 1 saturated carbocycles. The van der Waals surface area contributed by atoms with Crippen molar-refractivity contribution in [2.24, 2.45) is 17.3 Å². The van der Waals surface area contributed by atoms with E-state index in [0.29, 0.717) is 11.0 Å². The Labute approximate surface area is 205 Å². The zero-order valence-corrected chi connectivity index (χ0v) is 20.2. The summed E-state index contributed by atoms with van der Waals surface area (Å²) in [4.78, 5) is 31.1. The average molecular weight is 482 g/mol. The monoisotopic (exact) mass is 481 g/mol. The van der Waals surface area contributed by atoms with E-state index in [1.54, 1.807) is 18.6 Å². The van der Waals surface area contributed by atoms with Gasteiger partial charge in [-0.1, -0.05) is 11.6 Å². The number of halogens is 1. The zero-order valence-electron chi connectivity index (χ0n) is 19.5. The highest BCUT2D eigenvalue weighted by atomic mass is 35.5. The first-order valence-electron chi connectivity index (χ1n) is 12.6. The van der Waals surface area contributed by atoms with Crippen LogP contribution in [0.4, 0.5) is 23.1 Å². The van der Waals surface area contributed by atoms with E-state index >= 15 is 0 Å². The lowest BCUT2D eigenvalue weighted by molar-refractivity contribution is -0.126. The summed E-state index contributed by atoms with van der Waals surface area (Å²) < 4.78 is 0. The van der Waals surface area contributed by atoms with E-state index in [1.807, 2.05) is 11.0 Å². The Balaban J connectivity index is 1.18. The molecule has 2 aromatic heterocycles. The Bertz CT molecular complexity index is 1070. The van der Waals surface area contributed by atoms with Crippen LogP contribution in [0.15, 0.2) is 24.7 Å². The number of carbonyl (C=O) groups excluding carboxylic acids is 1. The van der Waals surface area contributed by atoms with Crippen LogP contribution in [0, 0.1) is 17.3 Å². The van der Waals surface area contributed by atoms with Crippen LogP contribution in [-0.2, 0) is 4.79 Å². The Morgan fingerprint density at radius 1 is 1.06 bits per heavy atom. The maximum atomic E-state index is 13.3. The van der Waals surface area contributed by atoms with Crippen LogP contribution < -0.4 is 20.4 Å². The molecule has 9 heteroatoms. The van der Waals surface area contributed by atoms with Gasteiger partial charge in [0.05, 0.1) is 35.4 Å². The van der Waals surface area contributed by atoms with Gasteiger partial charge in [0.25, 0.3) is 0 Å². The van der Waals surface area contributed by atoms with Gasteiger partial charge in [-0.3, -0.25) is 9.78 Å². The highest BCUT2D eigenvalue weighted by molar-refractivity contribution is 6.32. The molecule has 2 aromatic rings. The number of hydrogen-bond acceptors (Lipinski definition) is 7. The number of rotatable bonds is 5. The minimum absolute atomic E-state index is 0.213. The largest absolute Gasteiger partial charge is 0.355 e. The van der Waals surface area contributed by atoms with Crippen molar-refractivity contribution in [1.29, 1.82) is 0 Å². The molecule has 2 N–H and O–H groups in total. The molecule has 4 fully saturated rings. The minimum atomic E-state index is -0.213. The molecule has 34 heavy (non-hydrogen) atoms. The number of nitrogens with zero attached hydrogens (tertiary/aromatic N) is 5. The number of nitrogens with one attached hydrogen (secondary N) is 2. The first-order valence-corrected chi connectivity index (χ1v) is 13.0. The summed E-state index contributed by atoms with van der Waals surface area (Å²) in [6, 6.07) is 1.96. The van der Waals surface area contributed by atoms with Gasteiger partial charge in [0.15, 0.2) is 5.82 Å². The predicted octanol–water partition coefficient (Wildman–Crippen LogP) is 4.00. The molecule has 3 aliphatic heterocycles. The summed E-state index contributed by atoms with van der Waals surface area (Å²) in [6.07, 6.45) is 13.1. The van der Waals surface area contributed by atoms with Crippen LogP contribution in [0.5, 0.6) is 0 Å². The van der Waals surface area contributed by atoms with Crippen molar-refractivity contribution in [3.05, 3.63) is 29.7 Å². The fraction of sp³-hybridized carbons (Fsp3) is 0.600. The van der Waals surface area contributed by atoms with Crippen LogP contribution in [0.1, 0.15) is 44.9 Å². The molecule has 3 saturated heterocycles. The highest BCUT2D eigenvalue weighted by Gasteiger charge is 2.47. The maximum absolute atomic E-state index is 13.3. The summed E-state index contributed by atoms with van der Waals surface area (Å²) in [5.41, 5.74) is 1.37. The quantitative estimate of drug-likeness (QED) is 0.667. The molecule has 1 spiro atoms. The summed E-state index contributed by atoms with van der Waals surface area (Å²) in [7, 11) is 0. The van der Waals surface area contributed by atoms with Gasteiger partial charge < -0.3 is 20.4 Å². The molecule has 0 radical (unpaired) electrons. The van der Waals surface area contributed by atoms with Crippen LogP contribution in [-0.4, -0.2) is 53.6 Å². The van der Waals surface area contributed by atoms with Crippen LogP contribution >= 0.6 is 11.6 Å². The van der Waals surface area contributed by atoms with Crippen LogP contribution in [0.25, 0.3) is 0 Å². The van der Waals surface area contributed by atoms with E-state index in [-0.39, 0.29) is 11.3 Å². The van der Waals surface area contributed by atoms with E-state index in [9.17, 15) is 4.79 Å². The van der Waals surface area contributed by atoms with Crippen LogP contribution in [0.2, 0.25) is 5.02 Å². The second kappa shape index (κ2) is 8.96. The third kappa shape index (κ3) is 4.22. The molecule has 1 unspecified atom stereocenters. The number of carbonyl (C=O) groups is 1. The van der Waals surface area contributed by atoms with E-state index in [2.05, 4.69) is 25.5 Å². The molecule has 1 amide bonds. The van der Waals surface area contributed by atoms with Gasteiger partial charge in [0.1, 0.15) is 5.02 Å². The summed E-state index contributed by atoms with van der Waals surface area (Å²) in [5.74, 6) is 3.16. The average Bonchev–Trinajstić information content (AvgIpc) is 3.67. The van der Waals surface area contributed by atoms with Crippen molar-refractivity contribution in [3.8, 4) is 0 Å². The topological polar surface area (TPSA) is 86.3 Å². The molecule has 8 nitrogen and oxygen atoms in total. The molecule has 1 aliphatic carbocycles. The van der Waals surface area contributed by atoms with Crippen molar-refractivity contribution < 1.29 is 4.79 Å². The first kappa shape index (κ1) is 22.0. The van der Waals surface area contributed by atoms with Gasteiger partial charge >= 0.3 is 0 Å². The van der Waals surface area contributed by atoms with Crippen molar-refractivity contribution in [2.45, 2.75) is 44.9 Å². The molecular formula is C25H32ClN7O. The number of anilines is 4. The number of amides is 1. The number of hydrogen-bond donors (Lipinski definition) is 2. The molecule has 180 valence electrons. The summed E-state index contributed by atoms with van der Waals surface area (Å²) in [5, 5.41) is 7.25. The summed E-state index contributed by atoms with van der Waals surface area (Å²) >= 11 is 6.52. The zero-order chi connectivity index (χ0) is 23.1. The fourth-order valence-electron chi connectivity index (χ4n) is 6.00. The number of aromatic nitrogens is 3. The first-order chi connectivity index (χ1) is 16.6. The Kier molecular flexibility index (Phi) is 5.81. The number of piperidine rings is 2. The highest BCUT2D eigenvalue weighted by Crippen LogP contribution is 2.43. The molecule has 5 heterocycles. The molecule has 0 bridgehead atoms. The molecule has 6 rings (SSSR count). The van der Waals surface area contributed by atoms with E-state index in [4.69, 9.17) is 16.6 Å². The van der Waals surface area contributed by atoms with Crippen molar-refractivity contribution in [1.82, 2.24) is 20.3 Å². The fourth-order valence-corrected chi connectivity index (χ4v) is 6.21. The normalized spacial score (nSPS) is 24.6. The third-order valence-corrected chi connectivity index (χ3v) is 8.40.